The number of hydrogen-bond acceptors (Lipinski definition) is 4. The molecule has 0 bridgehead atoms. The minimum atomic E-state index is -0.230. The average molecular weight is 190 g/mol. The predicted molar refractivity (Wildman–Crippen MR) is 48.5 cm³/mol. The van der Waals surface area contributed by atoms with Crippen LogP contribution in [0, 0.1) is 5.92 Å². The average Bonchev–Trinajstić information content (AvgIpc) is 2.16. The third-order valence-corrected chi connectivity index (χ3v) is 1.61. The van der Waals surface area contributed by atoms with E-state index in [2.05, 4.69) is 4.74 Å². The molecular formula is C9H18O4. The van der Waals surface area contributed by atoms with E-state index in [-0.39, 0.29) is 11.9 Å². The van der Waals surface area contributed by atoms with Crippen LogP contribution in [0.5, 0.6) is 0 Å². The number of carbonyl (C=O) groups excluding carboxylic acids is 1. The Bertz CT molecular complexity index is 136. The number of rotatable bonds is 7. The SMILES string of the molecule is COCCCOCC(C)C(=O)OC. The molecule has 4 heteroatoms. The van der Waals surface area contributed by atoms with Crippen LogP contribution in [0.4, 0.5) is 0 Å². The summed E-state index contributed by atoms with van der Waals surface area (Å²) >= 11 is 0. The van der Waals surface area contributed by atoms with Gasteiger partial charge in [-0.3, -0.25) is 4.79 Å². The summed E-state index contributed by atoms with van der Waals surface area (Å²) in [6.07, 6.45) is 0.852. The first-order chi connectivity index (χ1) is 6.22. The van der Waals surface area contributed by atoms with Gasteiger partial charge in [0.2, 0.25) is 0 Å². The van der Waals surface area contributed by atoms with Crippen molar-refractivity contribution in [1.29, 1.82) is 0 Å². The monoisotopic (exact) mass is 190 g/mol. The molecule has 0 aromatic carbocycles. The van der Waals surface area contributed by atoms with Crippen molar-refractivity contribution in [3.63, 3.8) is 0 Å². The van der Waals surface area contributed by atoms with Crippen molar-refractivity contribution in [3.8, 4) is 0 Å². The van der Waals surface area contributed by atoms with Gasteiger partial charge in [-0.2, -0.15) is 0 Å². The van der Waals surface area contributed by atoms with E-state index < -0.39 is 0 Å². The fourth-order valence-corrected chi connectivity index (χ4v) is 0.835. The largest absolute Gasteiger partial charge is 0.469 e. The van der Waals surface area contributed by atoms with Crippen molar-refractivity contribution in [2.75, 3.05) is 34.0 Å². The summed E-state index contributed by atoms with van der Waals surface area (Å²) in [6, 6.07) is 0. The standard InChI is InChI=1S/C9H18O4/c1-8(9(10)12-3)7-13-6-4-5-11-2/h8H,4-7H2,1-3H3. The third-order valence-electron chi connectivity index (χ3n) is 1.61. The van der Waals surface area contributed by atoms with Gasteiger partial charge < -0.3 is 14.2 Å². The van der Waals surface area contributed by atoms with Crippen molar-refractivity contribution >= 4 is 5.97 Å². The molecule has 0 spiro atoms. The van der Waals surface area contributed by atoms with E-state index in [1.54, 1.807) is 14.0 Å². The van der Waals surface area contributed by atoms with Gasteiger partial charge in [0.05, 0.1) is 19.6 Å². The van der Waals surface area contributed by atoms with E-state index in [0.29, 0.717) is 19.8 Å². The Morgan fingerprint density at radius 1 is 1.31 bits per heavy atom. The molecule has 4 nitrogen and oxygen atoms in total. The molecule has 0 aliphatic carbocycles. The Kier molecular flexibility index (Phi) is 7.63. The highest BCUT2D eigenvalue weighted by Gasteiger charge is 2.12. The molecule has 0 aliphatic heterocycles. The van der Waals surface area contributed by atoms with E-state index in [9.17, 15) is 4.79 Å². The Balaban J connectivity index is 3.26. The van der Waals surface area contributed by atoms with Crippen LogP contribution in [0.2, 0.25) is 0 Å². The third kappa shape index (κ3) is 6.54. The van der Waals surface area contributed by atoms with E-state index in [1.165, 1.54) is 7.11 Å². The number of carbonyl (C=O) groups is 1. The molecule has 0 saturated heterocycles. The second-order valence-electron chi connectivity index (χ2n) is 2.85. The van der Waals surface area contributed by atoms with Gasteiger partial charge in [-0.05, 0) is 13.3 Å². The fraction of sp³-hybridized carbons (Fsp3) is 0.889. The summed E-state index contributed by atoms with van der Waals surface area (Å²) in [4.78, 5) is 10.9. The summed E-state index contributed by atoms with van der Waals surface area (Å²) in [5, 5.41) is 0. The van der Waals surface area contributed by atoms with E-state index in [4.69, 9.17) is 9.47 Å². The summed E-state index contributed by atoms with van der Waals surface area (Å²) in [6.45, 7) is 3.50. The Hall–Kier alpha value is -0.610. The van der Waals surface area contributed by atoms with Crippen LogP contribution in [-0.4, -0.2) is 40.0 Å². The van der Waals surface area contributed by atoms with Gasteiger partial charge in [-0.25, -0.2) is 0 Å². The molecule has 0 fully saturated rings. The highest BCUT2D eigenvalue weighted by atomic mass is 16.5. The van der Waals surface area contributed by atoms with Crippen molar-refractivity contribution in [2.45, 2.75) is 13.3 Å². The maximum absolute atomic E-state index is 10.9. The quantitative estimate of drug-likeness (QED) is 0.441. The first-order valence-electron chi connectivity index (χ1n) is 4.37. The minimum absolute atomic E-state index is 0.187. The molecule has 0 heterocycles. The zero-order valence-corrected chi connectivity index (χ0v) is 8.54. The maximum atomic E-state index is 10.9. The number of esters is 1. The van der Waals surface area contributed by atoms with Crippen LogP contribution in [0.1, 0.15) is 13.3 Å². The van der Waals surface area contributed by atoms with Crippen LogP contribution in [0.3, 0.4) is 0 Å². The molecule has 0 saturated carbocycles. The summed E-state index contributed by atoms with van der Waals surface area (Å²) in [7, 11) is 3.03. The Morgan fingerprint density at radius 3 is 2.54 bits per heavy atom. The predicted octanol–water partition coefficient (Wildman–Crippen LogP) is 0.849. The molecule has 1 unspecified atom stereocenters. The Labute approximate surface area is 79.2 Å². The lowest BCUT2D eigenvalue weighted by molar-refractivity contribution is -0.146. The highest BCUT2D eigenvalue weighted by Crippen LogP contribution is 1.98. The van der Waals surface area contributed by atoms with Gasteiger partial charge >= 0.3 is 5.97 Å². The molecule has 0 amide bonds. The minimum Gasteiger partial charge on any atom is -0.469 e. The molecule has 0 aromatic heterocycles. The van der Waals surface area contributed by atoms with E-state index in [1.807, 2.05) is 0 Å². The zero-order chi connectivity index (χ0) is 10.1. The van der Waals surface area contributed by atoms with Crippen molar-refractivity contribution in [1.82, 2.24) is 0 Å². The van der Waals surface area contributed by atoms with Crippen LogP contribution in [-0.2, 0) is 19.0 Å². The number of ether oxygens (including phenoxy) is 3. The van der Waals surface area contributed by atoms with Crippen LogP contribution in [0.25, 0.3) is 0 Å². The smallest absolute Gasteiger partial charge is 0.310 e. The lowest BCUT2D eigenvalue weighted by atomic mass is 10.2. The highest BCUT2D eigenvalue weighted by molar-refractivity contribution is 5.71. The van der Waals surface area contributed by atoms with Crippen LogP contribution < -0.4 is 0 Å². The summed E-state index contributed by atoms with van der Waals surface area (Å²) in [5.41, 5.74) is 0. The fourth-order valence-electron chi connectivity index (χ4n) is 0.835. The molecule has 0 N–H and O–H groups in total. The topological polar surface area (TPSA) is 44.8 Å². The molecule has 78 valence electrons. The summed E-state index contributed by atoms with van der Waals surface area (Å²) in [5.74, 6) is -0.417. The van der Waals surface area contributed by atoms with E-state index in [0.717, 1.165) is 6.42 Å². The normalized spacial score (nSPS) is 12.5. The van der Waals surface area contributed by atoms with Crippen LogP contribution >= 0.6 is 0 Å². The lowest BCUT2D eigenvalue weighted by Crippen LogP contribution is -2.18. The molecule has 0 rings (SSSR count). The van der Waals surface area contributed by atoms with Gasteiger partial charge in [0.1, 0.15) is 0 Å². The first-order valence-corrected chi connectivity index (χ1v) is 4.37. The van der Waals surface area contributed by atoms with Gasteiger partial charge in [-0.1, -0.05) is 0 Å². The number of hydrogen-bond donors (Lipinski definition) is 0. The van der Waals surface area contributed by atoms with E-state index >= 15 is 0 Å². The van der Waals surface area contributed by atoms with Gasteiger partial charge in [0, 0.05) is 20.3 Å². The molecule has 0 aromatic rings. The van der Waals surface area contributed by atoms with Crippen LogP contribution in [0.15, 0.2) is 0 Å². The number of methoxy groups -OCH3 is 2. The summed E-state index contributed by atoms with van der Waals surface area (Å²) < 4.78 is 14.6. The van der Waals surface area contributed by atoms with Gasteiger partial charge in [0.25, 0.3) is 0 Å². The van der Waals surface area contributed by atoms with Gasteiger partial charge in [-0.15, -0.1) is 0 Å². The maximum Gasteiger partial charge on any atom is 0.310 e. The van der Waals surface area contributed by atoms with Crippen molar-refractivity contribution in [2.24, 2.45) is 5.92 Å². The van der Waals surface area contributed by atoms with Crippen molar-refractivity contribution < 1.29 is 19.0 Å². The molecular weight excluding hydrogens is 172 g/mol. The lowest BCUT2D eigenvalue weighted by Gasteiger charge is -2.09. The Morgan fingerprint density at radius 2 is 2.00 bits per heavy atom. The molecule has 13 heavy (non-hydrogen) atoms. The second-order valence-corrected chi connectivity index (χ2v) is 2.85. The molecule has 1 atom stereocenters. The second kappa shape index (κ2) is 8.01. The van der Waals surface area contributed by atoms with Crippen molar-refractivity contribution in [3.05, 3.63) is 0 Å². The molecule has 0 aliphatic rings. The zero-order valence-electron chi connectivity index (χ0n) is 8.54. The van der Waals surface area contributed by atoms with Gasteiger partial charge in [0.15, 0.2) is 0 Å². The first kappa shape index (κ1) is 12.4. The molecule has 0 radical (unpaired) electrons.